The van der Waals surface area contributed by atoms with Gasteiger partial charge in [-0.3, -0.25) is 9.89 Å². The van der Waals surface area contributed by atoms with Gasteiger partial charge in [0, 0.05) is 51.0 Å². The number of ether oxygens (including phenoxy) is 1. The van der Waals surface area contributed by atoms with Gasteiger partial charge in [-0.2, -0.15) is 5.10 Å². The first-order valence-electron chi connectivity index (χ1n) is 11.1. The normalized spacial score (nSPS) is 16.1. The number of aromatic nitrogens is 2. The van der Waals surface area contributed by atoms with E-state index < -0.39 is 0 Å². The average Bonchev–Trinajstić information content (AvgIpc) is 3.29. The summed E-state index contributed by atoms with van der Waals surface area (Å²) in [5.74, 6) is 1.49. The molecule has 1 aromatic carbocycles. The summed E-state index contributed by atoms with van der Waals surface area (Å²) in [7, 11) is 1.82. The van der Waals surface area contributed by atoms with E-state index in [4.69, 9.17) is 4.74 Å². The predicted octanol–water partition coefficient (Wildman–Crippen LogP) is 3.29. The smallest absolute Gasteiger partial charge is 0.191 e. The number of nitrogens with one attached hydrogen (secondary N) is 2. The van der Waals surface area contributed by atoms with Crippen LogP contribution < -0.4 is 10.6 Å². The van der Waals surface area contributed by atoms with E-state index in [0.29, 0.717) is 18.5 Å². The molecule has 2 aromatic rings. The lowest BCUT2D eigenvalue weighted by Crippen LogP contribution is -2.53. The van der Waals surface area contributed by atoms with Gasteiger partial charge < -0.3 is 15.4 Å². The Morgan fingerprint density at radius 3 is 2.48 bits per heavy atom. The first-order valence-corrected chi connectivity index (χ1v) is 11.1. The minimum absolute atomic E-state index is 0. The molecule has 31 heavy (non-hydrogen) atoms. The molecule has 1 saturated heterocycles. The Balaban J connectivity index is 0.00000341. The zero-order valence-electron chi connectivity index (χ0n) is 19.0. The van der Waals surface area contributed by atoms with Crippen LogP contribution >= 0.6 is 24.0 Å². The van der Waals surface area contributed by atoms with Crippen LogP contribution in [0.15, 0.2) is 47.7 Å². The topological polar surface area (TPSA) is 66.7 Å². The predicted molar refractivity (Wildman–Crippen MR) is 137 cm³/mol. The Morgan fingerprint density at radius 1 is 1.13 bits per heavy atom. The lowest BCUT2D eigenvalue weighted by atomic mass is 9.92. The summed E-state index contributed by atoms with van der Waals surface area (Å²) < 4.78 is 7.46. The molecule has 0 spiro atoms. The second-order valence-electron chi connectivity index (χ2n) is 7.73. The average molecular weight is 540 g/mol. The Hall–Kier alpha value is -1.65. The number of aliphatic imine (C=N–C) groups is 1. The molecule has 1 fully saturated rings. The van der Waals surface area contributed by atoms with Crippen LogP contribution in [0.25, 0.3) is 5.69 Å². The van der Waals surface area contributed by atoms with Crippen molar-refractivity contribution in [1.29, 1.82) is 0 Å². The van der Waals surface area contributed by atoms with E-state index in [9.17, 15) is 0 Å². The maximum absolute atomic E-state index is 5.56. The minimum Gasteiger partial charge on any atom is -0.379 e. The summed E-state index contributed by atoms with van der Waals surface area (Å²) in [5.41, 5.74) is 2.18. The third-order valence-corrected chi connectivity index (χ3v) is 5.93. The quantitative estimate of drug-likeness (QED) is 0.291. The Bertz CT molecular complexity index is 771. The van der Waals surface area contributed by atoms with Gasteiger partial charge >= 0.3 is 0 Å². The van der Waals surface area contributed by atoms with Crippen LogP contribution in [-0.4, -0.2) is 66.6 Å². The van der Waals surface area contributed by atoms with Crippen LogP contribution in [0, 0.1) is 5.92 Å². The maximum atomic E-state index is 5.56. The third kappa shape index (κ3) is 7.47. The van der Waals surface area contributed by atoms with Crippen molar-refractivity contribution in [3.05, 3.63) is 48.3 Å². The summed E-state index contributed by atoms with van der Waals surface area (Å²) in [6.07, 6.45) is 6.32. The molecule has 0 bridgehead atoms. The number of rotatable bonds is 9. The molecule has 0 amide bonds. The summed E-state index contributed by atoms with van der Waals surface area (Å²) in [4.78, 5) is 6.99. The Labute approximate surface area is 203 Å². The van der Waals surface area contributed by atoms with Crippen LogP contribution in [0.2, 0.25) is 0 Å². The Kier molecular flexibility index (Phi) is 11.3. The van der Waals surface area contributed by atoms with Crippen molar-refractivity contribution in [3.63, 3.8) is 0 Å². The van der Waals surface area contributed by atoms with Gasteiger partial charge in [-0.1, -0.05) is 44.9 Å². The highest BCUT2D eigenvalue weighted by Crippen LogP contribution is 2.19. The van der Waals surface area contributed by atoms with Gasteiger partial charge in [-0.25, -0.2) is 4.68 Å². The molecule has 8 heteroatoms. The molecule has 0 radical (unpaired) electrons. The second kappa shape index (κ2) is 13.7. The highest BCUT2D eigenvalue weighted by Gasteiger charge is 2.27. The van der Waals surface area contributed by atoms with Crippen molar-refractivity contribution in [2.24, 2.45) is 10.9 Å². The second-order valence-corrected chi connectivity index (χ2v) is 7.73. The molecular weight excluding hydrogens is 503 g/mol. The molecule has 3 rings (SSSR count). The van der Waals surface area contributed by atoms with E-state index in [1.165, 1.54) is 12.8 Å². The number of hydrogen-bond donors (Lipinski definition) is 2. The maximum Gasteiger partial charge on any atom is 0.191 e. The van der Waals surface area contributed by atoms with Crippen molar-refractivity contribution >= 4 is 29.9 Å². The van der Waals surface area contributed by atoms with E-state index in [-0.39, 0.29) is 24.0 Å². The molecular formula is C23H37IN6O. The largest absolute Gasteiger partial charge is 0.379 e. The standard InChI is InChI=1S/C23H36N6O.HI/c1-4-20(5-2)22(28-11-13-30-14-12-28)17-26-23(24-3)25-15-19-16-27-29(18-19)21-9-7-6-8-10-21;/h6-10,16,18,20,22H,4-5,11-15,17H2,1-3H3,(H2,24,25,26);1H. The van der Waals surface area contributed by atoms with Crippen LogP contribution in [0.3, 0.4) is 0 Å². The number of guanidine groups is 1. The van der Waals surface area contributed by atoms with E-state index in [1.54, 1.807) is 0 Å². The third-order valence-electron chi connectivity index (χ3n) is 5.93. The summed E-state index contributed by atoms with van der Waals surface area (Å²) in [5, 5.41) is 11.4. The molecule has 0 aliphatic carbocycles. The fraction of sp³-hybridized carbons (Fsp3) is 0.565. The number of nitrogens with zero attached hydrogens (tertiary/aromatic N) is 4. The van der Waals surface area contributed by atoms with Crippen molar-refractivity contribution < 1.29 is 4.74 Å². The highest BCUT2D eigenvalue weighted by atomic mass is 127. The summed E-state index contributed by atoms with van der Waals surface area (Å²) in [6.45, 7) is 9.82. The zero-order chi connectivity index (χ0) is 21.2. The fourth-order valence-corrected chi connectivity index (χ4v) is 4.12. The Morgan fingerprint density at radius 2 is 1.84 bits per heavy atom. The van der Waals surface area contributed by atoms with E-state index >= 15 is 0 Å². The molecule has 0 saturated carbocycles. The molecule has 7 nitrogen and oxygen atoms in total. The van der Waals surface area contributed by atoms with E-state index in [0.717, 1.165) is 50.1 Å². The molecule has 1 aliphatic rings. The van der Waals surface area contributed by atoms with Gasteiger partial charge in [0.2, 0.25) is 0 Å². The van der Waals surface area contributed by atoms with Gasteiger partial charge in [0.05, 0.1) is 25.1 Å². The molecule has 1 atom stereocenters. The molecule has 2 N–H and O–H groups in total. The van der Waals surface area contributed by atoms with Gasteiger partial charge in [-0.05, 0) is 18.1 Å². The minimum atomic E-state index is 0. The van der Waals surface area contributed by atoms with Gasteiger partial charge in [0.25, 0.3) is 0 Å². The number of benzene rings is 1. The highest BCUT2D eigenvalue weighted by molar-refractivity contribution is 14.0. The van der Waals surface area contributed by atoms with Crippen LogP contribution in [-0.2, 0) is 11.3 Å². The van der Waals surface area contributed by atoms with Crippen molar-refractivity contribution in [1.82, 2.24) is 25.3 Å². The van der Waals surface area contributed by atoms with Crippen LogP contribution in [0.5, 0.6) is 0 Å². The molecule has 1 aliphatic heterocycles. The molecule has 2 heterocycles. The van der Waals surface area contributed by atoms with Gasteiger partial charge in [0.1, 0.15) is 0 Å². The molecule has 172 valence electrons. The van der Waals surface area contributed by atoms with Crippen molar-refractivity contribution in [2.45, 2.75) is 39.3 Å². The van der Waals surface area contributed by atoms with E-state index in [1.807, 2.05) is 48.3 Å². The van der Waals surface area contributed by atoms with Gasteiger partial charge in [-0.15, -0.1) is 24.0 Å². The SMILES string of the molecule is CCC(CC)C(CNC(=NC)NCc1cnn(-c2ccccc2)c1)N1CCOCC1.I. The van der Waals surface area contributed by atoms with Crippen LogP contribution in [0.1, 0.15) is 32.3 Å². The summed E-state index contributed by atoms with van der Waals surface area (Å²) >= 11 is 0. The molecule has 1 unspecified atom stereocenters. The monoisotopic (exact) mass is 540 g/mol. The fourth-order valence-electron chi connectivity index (χ4n) is 4.12. The number of hydrogen-bond acceptors (Lipinski definition) is 4. The van der Waals surface area contributed by atoms with Crippen molar-refractivity contribution in [2.75, 3.05) is 39.9 Å². The zero-order valence-corrected chi connectivity index (χ0v) is 21.3. The number of morpholine rings is 1. The first kappa shape index (κ1) is 25.6. The summed E-state index contributed by atoms with van der Waals surface area (Å²) in [6, 6.07) is 10.6. The van der Waals surface area contributed by atoms with Crippen molar-refractivity contribution in [3.8, 4) is 5.69 Å². The lowest BCUT2D eigenvalue weighted by molar-refractivity contribution is 0.00272. The number of para-hydroxylation sites is 1. The lowest BCUT2D eigenvalue weighted by Gasteiger charge is -2.39. The van der Waals surface area contributed by atoms with Crippen LogP contribution in [0.4, 0.5) is 0 Å². The molecule has 1 aromatic heterocycles. The first-order chi connectivity index (χ1) is 14.7. The van der Waals surface area contributed by atoms with E-state index in [2.05, 4.69) is 45.7 Å². The van der Waals surface area contributed by atoms with Gasteiger partial charge in [0.15, 0.2) is 5.96 Å². The number of halogens is 1.